The van der Waals surface area contributed by atoms with Crippen molar-refractivity contribution in [2.24, 2.45) is 16.7 Å². The van der Waals surface area contributed by atoms with Crippen LogP contribution in [0.15, 0.2) is 0 Å². The van der Waals surface area contributed by atoms with Gasteiger partial charge in [0.05, 0.1) is 0 Å². The Hall–Kier alpha value is -0.330. The van der Waals surface area contributed by atoms with E-state index in [-0.39, 0.29) is 10.8 Å². The van der Waals surface area contributed by atoms with E-state index in [0.29, 0.717) is 5.92 Å². The van der Waals surface area contributed by atoms with E-state index in [2.05, 4.69) is 27.7 Å². The molecule has 0 aliphatic heterocycles. The van der Waals surface area contributed by atoms with Crippen molar-refractivity contribution < 1.29 is 4.79 Å². The lowest BCUT2D eigenvalue weighted by Crippen LogP contribution is -2.33. The van der Waals surface area contributed by atoms with Gasteiger partial charge in [0.15, 0.2) is 0 Å². The van der Waals surface area contributed by atoms with Crippen LogP contribution in [0.1, 0.15) is 41.5 Å². The van der Waals surface area contributed by atoms with Crippen LogP contribution in [-0.2, 0) is 4.79 Å². The SMILES string of the molecule is CC(C(C)(C)C)C(C)(C)C=O. The van der Waals surface area contributed by atoms with Crippen molar-refractivity contribution in [1.82, 2.24) is 0 Å². The monoisotopic (exact) mass is 156 g/mol. The number of hydrogen-bond donors (Lipinski definition) is 0. The van der Waals surface area contributed by atoms with Gasteiger partial charge in [-0.3, -0.25) is 0 Å². The number of aldehydes is 1. The molecule has 0 saturated heterocycles. The Bertz CT molecular complexity index is 139. The average Bonchev–Trinajstić information content (AvgIpc) is 1.84. The number of carbonyl (C=O) groups is 1. The van der Waals surface area contributed by atoms with Gasteiger partial charge in [-0.1, -0.05) is 41.5 Å². The predicted molar refractivity (Wildman–Crippen MR) is 48.5 cm³/mol. The number of carbonyl (C=O) groups excluding carboxylic acids is 1. The van der Waals surface area contributed by atoms with E-state index in [1.54, 1.807) is 0 Å². The van der Waals surface area contributed by atoms with Gasteiger partial charge in [-0.05, 0) is 11.3 Å². The van der Waals surface area contributed by atoms with E-state index >= 15 is 0 Å². The molecule has 0 rings (SSSR count). The van der Waals surface area contributed by atoms with E-state index in [9.17, 15) is 4.79 Å². The fourth-order valence-corrected chi connectivity index (χ4v) is 1.22. The Morgan fingerprint density at radius 3 is 1.55 bits per heavy atom. The number of hydrogen-bond acceptors (Lipinski definition) is 1. The van der Waals surface area contributed by atoms with Crippen molar-refractivity contribution in [3.05, 3.63) is 0 Å². The van der Waals surface area contributed by atoms with Gasteiger partial charge < -0.3 is 4.79 Å². The van der Waals surface area contributed by atoms with Crippen LogP contribution in [-0.4, -0.2) is 6.29 Å². The van der Waals surface area contributed by atoms with Crippen LogP contribution < -0.4 is 0 Å². The standard InChI is InChI=1S/C10H20O/c1-8(9(2,3)4)10(5,6)7-11/h7-8H,1-6H3. The summed E-state index contributed by atoms with van der Waals surface area (Å²) in [6.07, 6.45) is 1.06. The van der Waals surface area contributed by atoms with E-state index in [4.69, 9.17) is 0 Å². The second-order valence-corrected chi connectivity index (χ2v) is 5.03. The third kappa shape index (κ3) is 2.64. The zero-order chi connectivity index (χ0) is 9.28. The van der Waals surface area contributed by atoms with E-state index in [1.165, 1.54) is 0 Å². The zero-order valence-corrected chi connectivity index (χ0v) is 8.56. The normalized spacial score (nSPS) is 16.2. The summed E-state index contributed by atoms with van der Waals surface area (Å²) < 4.78 is 0. The van der Waals surface area contributed by atoms with Gasteiger partial charge in [-0.25, -0.2) is 0 Å². The van der Waals surface area contributed by atoms with Gasteiger partial charge >= 0.3 is 0 Å². The van der Waals surface area contributed by atoms with Crippen molar-refractivity contribution in [3.8, 4) is 0 Å². The van der Waals surface area contributed by atoms with Crippen LogP contribution in [0.25, 0.3) is 0 Å². The Kier molecular flexibility index (Phi) is 2.87. The maximum absolute atomic E-state index is 10.7. The molecule has 66 valence electrons. The first-order valence-corrected chi connectivity index (χ1v) is 4.18. The summed E-state index contributed by atoms with van der Waals surface area (Å²) in [7, 11) is 0. The molecule has 1 atom stereocenters. The fourth-order valence-electron chi connectivity index (χ4n) is 1.22. The van der Waals surface area contributed by atoms with Crippen LogP contribution in [0.2, 0.25) is 0 Å². The Morgan fingerprint density at radius 2 is 1.45 bits per heavy atom. The third-order valence-corrected chi connectivity index (χ3v) is 2.72. The molecule has 11 heavy (non-hydrogen) atoms. The van der Waals surface area contributed by atoms with Crippen molar-refractivity contribution in [1.29, 1.82) is 0 Å². The Labute approximate surface area is 70.2 Å². The minimum absolute atomic E-state index is 0.196. The lowest BCUT2D eigenvalue weighted by Gasteiger charge is -2.36. The molecular weight excluding hydrogens is 136 g/mol. The summed E-state index contributed by atoms with van der Waals surface area (Å²) >= 11 is 0. The highest BCUT2D eigenvalue weighted by atomic mass is 16.1. The molecule has 0 heterocycles. The van der Waals surface area contributed by atoms with Crippen LogP contribution in [0.4, 0.5) is 0 Å². The molecule has 0 aromatic heterocycles. The summed E-state index contributed by atoms with van der Waals surface area (Å²) in [5.41, 5.74) is 0.0165. The summed E-state index contributed by atoms with van der Waals surface area (Å²) in [6.45, 7) is 12.6. The van der Waals surface area contributed by atoms with Crippen LogP contribution in [0, 0.1) is 16.7 Å². The van der Waals surface area contributed by atoms with E-state index in [0.717, 1.165) is 6.29 Å². The summed E-state index contributed by atoms with van der Waals surface area (Å²) in [5, 5.41) is 0. The van der Waals surface area contributed by atoms with Crippen LogP contribution in [0.3, 0.4) is 0 Å². The third-order valence-electron chi connectivity index (χ3n) is 2.72. The lowest BCUT2D eigenvalue weighted by molar-refractivity contribution is -0.118. The summed E-state index contributed by atoms with van der Waals surface area (Å²) in [5.74, 6) is 0.410. The summed E-state index contributed by atoms with van der Waals surface area (Å²) in [4.78, 5) is 10.7. The molecule has 0 radical (unpaired) electrons. The molecule has 0 aromatic carbocycles. The van der Waals surface area contributed by atoms with Gasteiger partial charge in [0.25, 0.3) is 0 Å². The van der Waals surface area contributed by atoms with Crippen molar-refractivity contribution >= 4 is 6.29 Å². The van der Waals surface area contributed by atoms with Crippen LogP contribution >= 0.6 is 0 Å². The highest BCUT2D eigenvalue weighted by Gasteiger charge is 2.33. The molecule has 0 spiro atoms. The quantitative estimate of drug-likeness (QED) is 0.562. The Morgan fingerprint density at radius 1 is 1.09 bits per heavy atom. The lowest BCUT2D eigenvalue weighted by atomic mass is 9.67. The number of rotatable bonds is 2. The maximum Gasteiger partial charge on any atom is 0.125 e. The van der Waals surface area contributed by atoms with E-state index < -0.39 is 0 Å². The minimum Gasteiger partial charge on any atom is -0.303 e. The van der Waals surface area contributed by atoms with Gasteiger partial charge in [0.2, 0.25) is 0 Å². The second-order valence-electron chi connectivity index (χ2n) is 5.03. The molecule has 0 bridgehead atoms. The molecule has 1 heteroatoms. The molecule has 0 amide bonds. The molecule has 0 N–H and O–H groups in total. The van der Waals surface area contributed by atoms with Crippen LogP contribution in [0.5, 0.6) is 0 Å². The summed E-state index contributed by atoms with van der Waals surface area (Å²) in [6, 6.07) is 0. The molecule has 0 aliphatic carbocycles. The molecule has 0 aromatic rings. The molecule has 1 unspecified atom stereocenters. The van der Waals surface area contributed by atoms with Gasteiger partial charge in [0, 0.05) is 5.41 Å². The molecule has 1 nitrogen and oxygen atoms in total. The first-order chi connectivity index (χ1) is 4.72. The minimum atomic E-state index is -0.196. The van der Waals surface area contributed by atoms with Gasteiger partial charge in [-0.15, -0.1) is 0 Å². The molecule has 0 saturated carbocycles. The Balaban J connectivity index is 4.48. The highest BCUT2D eigenvalue weighted by molar-refractivity contribution is 5.58. The smallest absolute Gasteiger partial charge is 0.125 e. The first-order valence-electron chi connectivity index (χ1n) is 4.18. The second kappa shape index (κ2) is 2.96. The molecule has 0 fully saturated rings. The molecular formula is C10H20O. The fraction of sp³-hybridized carbons (Fsp3) is 0.900. The van der Waals surface area contributed by atoms with Crippen molar-refractivity contribution in [2.45, 2.75) is 41.5 Å². The van der Waals surface area contributed by atoms with Crippen molar-refractivity contribution in [3.63, 3.8) is 0 Å². The predicted octanol–water partition coefficient (Wildman–Crippen LogP) is 2.89. The van der Waals surface area contributed by atoms with Crippen molar-refractivity contribution in [2.75, 3.05) is 0 Å². The topological polar surface area (TPSA) is 17.1 Å². The van der Waals surface area contributed by atoms with E-state index in [1.807, 2.05) is 13.8 Å². The average molecular weight is 156 g/mol. The van der Waals surface area contributed by atoms with Gasteiger partial charge in [0.1, 0.15) is 6.29 Å². The first kappa shape index (κ1) is 10.7. The maximum atomic E-state index is 10.7. The zero-order valence-electron chi connectivity index (χ0n) is 8.56. The van der Waals surface area contributed by atoms with Gasteiger partial charge in [-0.2, -0.15) is 0 Å². The largest absolute Gasteiger partial charge is 0.303 e. The highest BCUT2D eigenvalue weighted by Crippen LogP contribution is 2.37. The molecule has 0 aliphatic rings.